The molecule has 0 spiro atoms. The van der Waals surface area contributed by atoms with Crippen LogP contribution in [-0.2, 0) is 9.59 Å². The lowest BCUT2D eigenvalue weighted by atomic mass is 9.78. The predicted octanol–water partition coefficient (Wildman–Crippen LogP) is 3.66. The van der Waals surface area contributed by atoms with Gasteiger partial charge in [0, 0.05) is 12.8 Å². The van der Waals surface area contributed by atoms with Crippen molar-refractivity contribution in [3.8, 4) is 0 Å². The van der Waals surface area contributed by atoms with Gasteiger partial charge >= 0.3 is 5.97 Å². The van der Waals surface area contributed by atoms with Gasteiger partial charge in [0.15, 0.2) is 5.78 Å². The minimum Gasteiger partial charge on any atom is -0.511 e. The lowest BCUT2D eigenvalue weighted by Crippen LogP contribution is -2.28. The SMILES string of the molecule is CCC/C(O)=C1\C(=O)CC(c2ccccc2)CC1=NC(C)C(=O)O. The van der Waals surface area contributed by atoms with Crippen LogP contribution in [0.15, 0.2) is 46.7 Å². The van der Waals surface area contributed by atoms with E-state index in [1.165, 1.54) is 6.92 Å². The number of hydrogen-bond donors (Lipinski definition) is 2. The second kappa shape index (κ2) is 7.90. The first-order valence-electron chi connectivity index (χ1n) is 8.24. The van der Waals surface area contributed by atoms with Gasteiger partial charge < -0.3 is 10.2 Å². The maximum absolute atomic E-state index is 12.6. The molecule has 0 bridgehead atoms. The van der Waals surface area contributed by atoms with Crippen LogP contribution in [0.5, 0.6) is 0 Å². The summed E-state index contributed by atoms with van der Waals surface area (Å²) < 4.78 is 0. The number of benzene rings is 1. The van der Waals surface area contributed by atoms with Crippen LogP contribution in [0.2, 0.25) is 0 Å². The Morgan fingerprint density at radius 1 is 1.25 bits per heavy atom. The van der Waals surface area contributed by atoms with E-state index in [-0.39, 0.29) is 23.0 Å². The Hall–Kier alpha value is -2.43. The van der Waals surface area contributed by atoms with E-state index in [1.807, 2.05) is 37.3 Å². The molecule has 0 heterocycles. The first kappa shape index (κ1) is 17.9. The summed E-state index contributed by atoms with van der Waals surface area (Å²) in [6, 6.07) is 8.70. The van der Waals surface area contributed by atoms with E-state index in [1.54, 1.807) is 0 Å². The summed E-state index contributed by atoms with van der Waals surface area (Å²) in [4.78, 5) is 28.0. The number of carbonyl (C=O) groups is 2. The van der Waals surface area contributed by atoms with E-state index < -0.39 is 12.0 Å². The normalized spacial score (nSPS) is 23.2. The highest BCUT2D eigenvalue weighted by Crippen LogP contribution is 2.34. The minimum absolute atomic E-state index is 0.0188. The van der Waals surface area contributed by atoms with Gasteiger partial charge in [-0.2, -0.15) is 0 Å². The molecule has 2 atom stereocenters. The minimum atomic E-state index is -1.05. The third kappa shape index (κ3) is 4.10. The number of Topliss-reactive ketones (excluding diaryl/α,β-unsaturated/α-hetero) is 1. The van der Waals surface area contributed by atoms with Crippen LogP contribution in [0.4, 0.5) is 0 Å². The monoisotopic (exact) mass is 329 g/mol. The second-order valence-electron chi connectivity index (χ2n) is 6.10. The zero-order chi connectivity index (χ0) is 17.7. The van der Waals surface area contributed by atoms with Gasteiger partial charge in [0.25, 0.3) is 0 Å². The molecular weight excluding hydrogens is 306 g/mol. The highest BCUT2D eigenvalue weighted by atomic mass is 16.4. The molecule has 1 fully saturated rings. The molecule has 0 aromatic heterocycles. The van der Waals surface area contributed by atoms with Crippen LogP contribution in [0.25, 0.3) is 0 Å². The number of carboxylic acids is 1. The zero-order valence-electron chi connectivity index (χ0n) is 14.0. The van der Waals surface area contributed by atoms with Crippen LogP contribution in [-0.4, -0.2) is 33.7 Å². The van der Waals surface area contributed by atoms with E-state index >= 15 is 0 Å². The van der Waals surface area contributed by atoms with Gasteiger partial charge in [-0.25, -0.2) is 4.79 Å². The maximum Gasteiger partial charge on any atom is 0.328 e. The molecular formula is C19H23NO4. The number of rotatable bonds is 5. The summed E-state index contributed by atoms with van der Waals surface area (Å²) in [6.45, 7) is 3.38. The first-order chi connectivity index (χ1) is 11.4. The molecule has 2 N–H and O–H groups in total. The predicted molar refractivity (Wildman–Crippen MR) is 92.5 cm³/mol. The van der Waals surface area contributed by atoms with E-state index in [0.717, 1.165) is 5.56 Å². The van der Waals surface area contributed by atoms with Crippen molar-refractivity contribution in [3.05, 3.63) is 47.2 Å². The number of carboxylic acid groups (broad SMARTS) is 1. The fourth-order valence-corrected chi connectivity index (χ4v) is 2.95. The zero-order valence-corrected chi connectivity index (χ0v) is 14.0. The van der Waals surface area contributed by atoms with Crippen molar-refractivity contribution >= 4 is 17.5 Å². The van der Waals surface area contributed by atoms with Crippen molar-refractivity contribution in [1.82, 2.24) is 0 Å². The topological polar surface area (TPSA) is 87.0 Å². The third-order valence-corrected chi connectivity index (χ3v) is 4.19. The van der Waals surface area contributed by atoms with Crippen LogP contribution in [0.3, 0.4) is 0 Å². The fraction of sp³-hybridized carbons (Fsp3) is 0.421. The molecule has 5 heteroatoms. The number of hydrogen-bond acceptors (Lipinski definition) is 4. The van der Waals surface area contributed by atoms with Gasteiger partial charge in [0.2, 0.25) is 0 Å². The third-order valence-electron chi connectivity index (χ3n) is 4.19. The summed E-state index contributed by atoms with van der Waals surface area (Å²) in [5.41, 5.74) is 1.65. The molecule has 2 rings (SSSR count). The van der Waals surface area contributed by atoms with E-state index in [9.17, 15) is 14.7 Å². The lowest BCUT2D eigenvalue weighted by Gasteiger charge is -2.26. The Kier molecular flexibility index (Phi) is 5.90. The molecule has 24 heavy (non-hydrogen) atoms. The first-order valence-corrected chi connectivity index (χ1v) is 8.24. The lowest BCUT2D eigenvalue weighted by molar-refractivity contribution is -0.138. The Morgan fingerprint density at radius 2 is 1.92 bits per heavy atom. The highest BCUT2D eigenvalue weighted by molar-refractivity contribution is 6.25. The molecule has 0 saturated heterocycles. The van der Waals surface area contributed by atoms with E-state index in [0.29, 0.717) is 31.4 Å². The number of nitrogens with zero attached hydrogens (tertiary/aromatic N) is 1. The number of allylic oxidation sites excluding steroid dienone is 2. The summed E-state index contributed by atoms with van der Waals surface area (Å²) in [5.74, 6) is -1.24. The molecule has 1 aromatic rings. The fourth-order valence-electron chi connectivity index (χ4n) is 2.95. The number of ketones is 1. The summed E-state index contributed by atoms with van der Waals surface area (Å²) >= 11 is 0. The molecule has 0 amide bonds. The molecule has 128 valence electrons. The molecule has 5 nitrogen and oxygen atoms in total. The average molecular weight is 329 g/mol. The molecule has 1 saturated carbocycles. The quantitative estimate of drug-likeness (QED) is 0.637. The Bertz CT molecular complexity index is 676. The molecule has 1 aliphatic rings. The number of aliphatic hydroxyl groups is 1. The maximum atomic E-state index is 12.6. The Labute approximate surface area is 141 Å². The van der Waals surface area contributed by atoms with E-state index in [2.05, 4.69) is 4.99 Å². The van der Waals surface area contributed by atoms with Crippen LogP contribution < -0.4 is 0 Å². The molecule has 0 aliphatic heterocycles. The average Bonchev–Trinajstić information content (AvgIpc) is 2.55. The van der Waals surface area contributed by atoms with E-state index in [4.69, 9.17) is 5.11 Å². The van der Waals surface area contributed by atoms with Gasteiger partial charge in [0.05, 0.1) is 11.3 Å². The number of aliphatic hydroxyl groups excluding tert-OH is 1. The van der Waals surface area contributed by atoms with Crippen molar-refractivity contribution in [2.75, 3.05) is 0 Å². The molecule has 1 aliphatic carbocycles. The molecule has 1 aromatic carbocycles. The van der Waals surface area contributed by atoms with Crippen molar-refractivity contribution in [1.29, 1.82) is 0 Å². The number of aliphatic imine (C=N–C) groups is 1. The Morgan fingerprint density at radius 3 is 2.50 bits per heavy atom. The summed E-state index contributed by atoms with van der Waals surface area (Å²) in [7, 11) is 0. The standard InChI is InChI=1S/C19H23NO4/c1-3-7-16(21)18-15(20-12(2)19(23)24)10-14(11-17(18)22)13-8-5-4-6-9-13/h4-6,8-9,12,14,21H,3,7,10-11H2,1-2H3,(H,23,24)/b18-16+,20-15?. The second-order valence-corrected chi connectivity index (χ2v) is 6.10. The number of carbonyl (C=O) groups excluding carboxylic acids is 1. The molecule has 0 radical (unpaired) electrons. The van der Waals surface area contributed by atoms with Crippen molar-refractivity contribution < 1.29 is 19.8 Å². The van der Waals surface area contributed by atoms with Crippen molar-refractivity contribution in [2.24, 2.45) is 4.99 Å². The summed E-state index contributed by atoms with van der Waals surface area (Å²) in [5, 5.41) is 19.4. The number of aliphatic carboxylic acids is 1. The Balaban J connectivity index is 2.42. The van der Waals surface area contributed by atoms with Gasteiger partial charge in [0.1, 0.15) is 11.8 Å². The highest BCUT2D eigenvalue weighted by Gasteiger charge is 2.32. The van der Waals surface area contributed by atoms with Gasteiger partial charge in [-0.1, -0.05) is 37.3 Å². The van der Waals surface area contributed by atoms with Gasteiger partial charge in [-0.05, 0) is 31.2 Å². The van der Waals surface area contributed by atoms with Gasteiger partial charge in [-0.3, -0.25) is 9.79 Å². The van der Waals surface area contributed by atoms with Crippen LogP contribution in [0, 0.1) is 0 Å². The smallest absolute Gasteiger partial charge is 0.328 e. The van der Waals surface area contributed by atoms with Crippen LogP contribution >= 0.6 is 0 Å². The van der Waals surface area contributed by atoms with Crippen molar-refractivity contribution in [3.63, 3.8) is 0 Å². The largest absolute Gasteiger partial charge is 0.511 e. The van der Waals surface area contributed by atoms with Crippen molar-refractivity contribution in [2.45, 2.75) is 51.5 Å². The van der Waals surface area contributed by atoms with Gasteiger partial charge in [-0.15, -0.1) is 0 Å². The molecule has 2 unspecified atom stereocenters. The summed E-state index contributed by atoms with van der Waals surface area (Å²) in [6.07, 6.45) is 1.84. The van der Waals surface area contributed by atoms with Crippen LogP contribution in [0.1, 0.15) is 51.0 Å².